The molecule has 2 aromatic rings. The number of carbonyl (C=O) groups excluding carboxylic acids is 2. The summed E-state index contributed by atoms with van der Waals surface area (Å²) >= 11 is 18.1. The van der Waals surface area contributed by atoms with E-state index < -0.39 is 0 Å². The van der Waals surface area contributed by atoms with Gasteiger partial charge in [-0.3, -0.25) is 9.59 Å². The molecule has 0 unspecified atom stereocenters. The van der Waals surface area contributed by atoms with Crippen molar-refractivity contribution in [3.8, 4) is 0 Å². The van der Waals surface area contributed by atoms with Crippen molar-refractivity contribution in [2.45, 2.75) is 0 Å². The van der Waals surface area contributed by atoms with Gasteiger partial charge in [-0.25, -0.2) is 0 Å². The summed E-state index contributed by atoms with van der Waals surface area (Å²) in [6, 6.07) is 11.8. The third-order valence-electron chi connectivity index (χ3n) is 4.12. The lowest BCUT2D eigenvalue weighted by Gasteiger charge is -2.35. The molecular weight excluding hydrogens is 383 g/mol. The van der Waals surface area contributed by atoms with Gasteiger partial charge in [0.05, 0.1) is 21.2 Å². The van der Waals surface area contributed by atoms with Crippen LogP contribution >= 0.6 is 34.8 Å². The number of amides is 2. The molecule has 4 nitrogen and oxygen atoms in total. The zero-order valence-corrected chi connectivity index (χ0v) is 15.5. The van der Waals surface area contributed by atoms with Gasteiger partial charge in [0.15, 0.2) is 0 Å². The topological polar surface area (TPSA) is 40.6 Å². The lowest BCUT2D eigenvalue weighted by Crippen LogP contribution is -2.50. The number of hydrogen-bond acceptors (Lipinski definition) is 2. The molecule has 0 aromatic heterocycles. The van der Waals surface area contributed by atoms with Crippen molar-refractivity contribution >= 4 is 46.6 Å². The molecular formula is C18H15Cl3N2O2. The van der Waals surface area contributed by atoms with Crippen molar-refractivity contribution in [2.75, 3.05) is 26.2 Å². The Morgan fingerprint density at radius 1 is 0.720 bits per heavy atom. The Bertz CT molecular complexity index is 818. The predicted octanol–water partition coefficient (Wildman–Crippen LogP) is 4.25. The number of carbonyl (C=O) groups is 2. The molecule has 1 saturated heterocycles. The van der Waals surface area contributed by atoms with E-state index in [1.807, 2.05) is 0 Å². The molecule has 7 heteroatoms. The molecule has 2 amide bonds. The zero-order valence-electron chi connectivity index (χ0n) is 13.2. The third kappa shape index (κ3) is 3.92. The molecule has 130 valence electrons. The maximum Gasteiger partial charge on any atom is 0.255 e. The average molecular weight is 398 g/mol. The van der Waals surface area contributed by atoms with Gasteiger partial charge in [-0.1, -0.05) is 46.9 Å². The maximum absolute atomic E-state index is 12.6. The van der Waals surface area contributed by atoms with Gasteiger partial charge in [-0.2, -0.15) is 0 Å². The van der Waals surface area contributed by atoms with Crippen LogP contribution in [-0.2, 0) is 0 Å². The second-order valence-corrected chi connectivity index (χ2v) is 6.94. The normalized spacial score (nSPS) is 14.5. The van der Waals surface area contributed by atoms with Crippen LogP contribution in [0.2, 0.25) is 15.1 Å². The highest BCUT2D eigenvalue weighted by atomic mass is 35.5. The van der Waals surface area contributed by atoms with Crippen LogP contribution in [0.3, 0.4) is 0 Å². The van der Waals surface area contributed by atoms with Gasteiger partial charge in [0.25, 0.3) is 11.8 Å². The third-order valence-corrected chi connectivity index (χ3v) is 5.01. The van der Waals surface area contributed by atoms with Crippen LogP contribution < -0.4 is 0 Å². The highest BCUT2D eigenvalue weighted by Gasteiger charge is 2.27. The Kier molecular flexibility index (Phi) is 5.52. The van der Waals surface area contributed by atoms with Crippen molar-refractivity contribution in [3.05, 3.63) is 68.7 Å². The molecule has 0 radical (unpaired) electrons. The van der Waals surface area contributed by atoms with Crippen LogP contribution in [-0.4, -0.2) is 47.8 Å². The minimum absolute atomic E-state index is 0.126. The first kappa shape index (κ1) is 18.1. The number of nitrogens with zero attached hydrogens (tertiary/aromatic N) is 2. The van der Waals surface area contributed by atoms with Crippen molar-refractivity contribution in [3.63, 3.8) is 0 Å². The molecule has 1 aliphatic heterocycles. The number of benzene rings is 2. The first-order chi connectivity index (χ1) is 12.0. The van der Waals surface area contributed by atoms with E-state index in [9.17, 15) is 9.59 Å². The van der Waals surface area contributed by atoms with Gasteiger partial charge in [0, 0.05) is 31.2 Å². The molecule has 1 heterocycles. The minimum atomic E-state index is -0.183. The Labute approximate surface area is 160 Å². The molecule has 1 aliphatic rings. The Hall–Kier alpha value is -1.75. The quantitative estimate of drug-likeness (QED) is 0.760. The van der Waals surface area contributed by atoms with E-state index in [-0.39, 0.29) is 11.8 Å². The Balaban J connectivity index is 1.68. The van der Waals surface area contributed by atoms with Crippen molar-refractivity contribution in [1.82, 2.24) is 9.80 Å². The summed E-state index contributed by atoms with van der Waals surface area (Å²) in [4.78, 5) is 28.6. The fraction of sp³-hybridized carbons (Fsp3) is 0.222. The van der Waals surface area contributed by atoms with E-state index in [2.05, 4.69) is 0 Å². The number of hydrogen-bond donors (Lipinski definition) is 0. The molecule has 0 atom stereocenters. The lowest BCUT2D eigenvalue weighted by molar-refractivity contribution is 0.0535. The predicted molar refractivity (Wildman–Crippen MR) is 99.7 cm³/mol. The molecule has 2 aromatic carbocycles. The SMILES string of the molecule is O=C(c1ccccc1Cl)N1CCN(C(=O)c2cc(Cl)ccc2Cl)CC1. The molecule has 1 fully saturated rings. The van der Waals surface area contributed by atoms with E-state index in [1.54, 1.807) is 52.3 Å². The second-order valence-electron chi connectivity index (χ2n) is 5.69. The molecule has 0 spiro atoms. The van der Waals surface area contributed by atoms with Gasteiger partial charge in [0.1, 0.15) is 0 Å². The molecule has 0 bridgehead atoms. The standard InChI is InChI=1S/C18H15Cl3N2O2/c19-12-5-6-16(21)14(11-12)18(25)23-9-7-22(8-10-23)17(24)13-3-1-2-4-15(13)20/h1-6,11H,7-10H2. The summed E-state index contributed by atoms with van der Waals surface area (Å²) < 4.78 is 0. The first-order valence-corrected chi connectivity index (χ1v) is 8.89. The van der Waals surface area contributed by atoms with Gasteiger partial charge >= 0.3 is 0 Å². The van der Waals surface area contributed by atoms with Crippen LogP contribution in [0.15, 0.2) is 42.5 Å². The first-order valence-electron chi connectivity index (χ1n) is 7.75. The van der Waals surface area contributed by atoms with Crippen molar-refractivity contribution < 1.29 is 9.59 Å². The van der Waals surface area contributed by atoms with E-state index in [0.717, 1.165) is 0 Å². The van der Waals surface area contributed by atoms with E-state index in [1.165, 1.54) is 0 Å². The van der Waals surface area contributed by atoms with E-state index in [0.29, 0.717) is 52.4 Å². The fourth-order valence-electron chi connectivity index (χ4n) is 2.75. The zero-order chi connectivity index (χ0) is 18.0. The van der Waals surface area contributed by atoms with Crippen molar-refractivity contribution in [1.29, 1.82) is 0 Å². The molecule has 0 N–H and O–H groups in total. The van der Waals surface area contributed by atoms with E-state index >= 15 is 0 Å². The summed E-state index contributed by atoms with van der Waals surface area (Å²) in [5.74, 6) is -0.309. The van der Waals surface area contributed by atoms with Crippen LogP contribution in [0.5, 0.6) is 0 Å². The van der Waals surface area contributed by atoms with Crippen LogP contribution in [0, 0.1) is 0 Å². The summed E-state index contributed by atoms with van der Waals surface area (Å²) in [5.41, 5.74) is 0.849. The van der Waals surface area contributed by atoms with Crippen molar-refractivity contribution in [2.24, 2.45) is 0 Å². The minimum Gasteiger partial charge on any atom is -0.335 e. The summed E-state index contributed by atoms with van der Waals surface area (Å²) in [6.45, 7) is 1.73. The summed E-state index contributed by atoms with van der Waals surface area (Å²) in [5, 5.41) is 1.25. The largest absolute Gasteiger partial charge is 0.335 e. The second kappa shape index (κ2) is 7.65. The smallest absolute Gasteiger partial charge is 0.255 e. The van der Waals surface area contributed by atoms with Gasteiger partial charge < -0.3 is 9.80 Å². The Morgan fingerprint density at radius 2 is 1.24 bits per heavy atom. The molecule has 25 heavy (non-hydrogen) atoms. The summed E-state index contributed by atoms with van der Waals surface area (Å²) in [6.07, 6.45) is 0. The average Bonchev–Trinajstić information content (AvgIpc) is 2.63. The Morgan fingerprint density at radius 3 is 1.84 bits per heavy atom. The highest BCUT2D eigenvalue weighted by Crippen LogP contribution is 2.23. The van der Waals surface area contributed by atoms with Gasteiger partial charge in [-0.15, -0.1) is 0 Å². The number of rotatable bonds is 2. The van der Waals surface area contributed by atoms with Crippen LogP contribution in [0.4, 0.5) is 0 Å². The highest BCUT2D eigenvalue weighted by molar-refractivity contribution is 6.35. The fourth-order valence-corrected chi connectivity index (χ4v) is 3.34. The summed E-state index contributed by atoms with van der Waals surface area (Å²) in [7, 11) is 0. The van der Waals surface area contributed by atoms with Gasteiger partial charge in [-0.05, 0) is 30.3 Å². The van der Waals surface area contributed by atoms with Crippen LogP contribution in [0.25, 0.3) is 0 Å². The monoisotopic (exact) mass is 396 g/mol. The number of halogens is 3. The number of piperazine rings is 1. The molecule has 3 rings (SSSR count). The van der Waals surface area contributed by atoms with E-state index in [4.69, 9.17) is 34.8 Å². The van der Waals surface area contributed by atoms with Gasteiger partial charge in [0.2, 0.25) is 0 Å². The van der Waals surface area contributed by atoms with Crippen LogP contribution in [0.1, 0.15) is 20.7 Å². The maximum atomic E-state index is 12.6. The lowest BCUT2D eigenvalue weighted by atomic mass is 10.1. The molecule has 0 saturated carbocycles. The molecule has 0 aliphatic carbocycles.